The van der Waals surface area contributed by atoms with Gasteiger partial charge in [0.15, 0.2) is 0 Å². The predicted molar refractivity (Wildman–Crippen MR) is 97.8 cm³/mol. The van der Waals surface area contributed by atoms with Crippen LogP contribution in [0.15, 0.2) is 56.1 Å². The SMILES string of the molecule is COc1ccc(Br)c(C(=O)Nc2cc3cccc([N+](=O)[O-])c3oc2=O)c1. The number of nitro benzene ring substituents is 1. The van der Waals surface area contributed by atoms with Crippen molar-refractivity contribution in [3.63, 3.8) is 0 Å². The number of para-hydroxylation sites is 1. The third-order valence-corrected chi connectivity index (χ3v) is 4.29. The van der Waals surface area contributed by atoms with E-state index in [1.165, 1.54) is 31.4 Å². The summed E-state index contributed by atoms with van der Waals surface area (Å²) in [6.07, 6.45) is 0. The molecule has 0 spiro atoms. The summed E-state index contributed by atoms with van der Waals surface area (Å²) in [5, 5.41) is 13.8. The number of carbonyl (C=O) groups is 1. The van der Waals surface area contributed by atoms with Crippen molar-refractivity contribution in [2.24, 2.45) is 0 Å². The number of fused-ring (bicyclic) bond motifs is 1. The Balaban J connectivity index is 2.02. The van der Waals surface area contributed by atoms with Crippen molar-refractivity contribution in [2.45, 2.75) is 0 Å². The second kappa shape index (κ2) is 6.96. The van der Waals surface area contributed by atoms with Crippen LogP contribution in [-0.2, 0) is 0 Å². The summed E-state index contributed by atoms with van der Waals surface area (Å²) in [7, 11) is 1.47. The molecule has 0 saturated heterocycles. The van der Waals surface area contributed by atoms with Gasteiger partial charge in [-0.1, -0.05) is 12.1 Å². The van der Waals surface area contributed by atoms with Crippen LogP contribution in [0.4, 0.5) is 11.4 Å². The number of hydrogen-bond donors (Lipinski definition) is 1. The molecule has 0 atom stereocenters. The van der Waals surface area contributed by atoms with E-state index in [4.69, 9.17) is 9.15 Å². The fraction of sp³-hybridized carbons (Fsp3) is 0.0588. The average Bonchev–Trinajstić information content (AvgIpc) is 2.62. The maximum atomic E-state index is 12.5. The summed E-state index contributed by atoms with van der Waals surface area (Å²) in [5.41, 5.74) is -1.24. The highest BCUT2D eigenvalue weighted by atomic mass is 79.9. The molecule has 1 heterocycles. The summed E-state index contributed by atoms with van der Waals surface area (Å²) in [6.45, 7) is 0. The molecule has 0 unspecified atom stereocenters. The Labute approximate surface area is 154 Å². The zero-order valence-corrected chi connectivity index (χ0v) is 14.9. The molecular formula is C17H11BrN2O6. The Morgan fingerprint density at radius 1 is 1.27 bits per heavy atom. The average molecular weight is 419 g/mol. The van der Waals surface area contributed by atoms with Crippen LogP contribution in [0.3, 0.4) is 0 Å². The lowest BCUT2D eigenvalue weighted by atomic mass is 10.2. The molecule has 2 aromatic carbocycles. The normalized spacial score (nSPS) is 10.5. The van der Waals surface area contributed by atoms with Gasteiger partial charge >= 0.3 is 11.3 Å². The van der Waals surface area contributed by atoms with Gasteiger partial charge in [0.2, 0.25) is 5.58 Å². The number of benzene rings is 2. The molecular weight excluding hydrogens is 408 g/mol. The number of non-ortho nitro benzene ring substituents is 1. The van der Waals surface area contributed by atoms with Gasteiger partial charge in [0.25, 0.3) is 5.91 Å². The zero-order chi connectivity index (χ0) is 18.8. The maximum Gasteiger partial charge on any atom is 0.360 e. The highest BCUT2D eigenvalue weighted by Gasteiger charge is 2.18. The van der Waals surface area contributed by atoms with Gasteiger partial charge < -0.3 is 14.5 Å². The molecule has 132 valence electrons. The van der Waals surface area contributed by atoms with E-state index in [9.17, 15) is 19.7 Å². The van der Waals surface area contributed by atoms with Crippen molar-refractivity contribution < 1.29 is 18.9 Å². The van der Waals surface area contributed by atoms with Crippen molar-refractivity contribution in [3.8, 4) is 5.75 Å². The van der Waals surface area contributed by atoms with Crippen molar-refractivity contribution in [1.82, 2.24) is 0 Å². The number of nitrogens with zero attached hydrogens (tertiary/aromatic N) is 1. The van der Waals surface area contributed by atoms with Crippen LogP contribution >= 0.6 is 15.9 Å². The lowest BCUT2D eigenvalue weighted by Crippen LogP contribution is -2.18. The molecule has 3 aromatic rings. The number of anilines is 1. The molecule has 0 fully saturated rings. The largest absolute Gasteiger partial charge is 0.497 e. The van der Waals surface area contributed by atoms with Crippen LogP contribution in [-0.4, -0.2) is 17.9 Å². The minimum absolute atomic E-state index is 0.127. The summed E-state index contributed by atoms with van der Waals surface area (Å²) in [4.78, 5) is 35.0. The highest BCUT2D eigenvalue weighted by Crippen LogP contribution is 2.27. The lowest BCUT2D eigenvalue weighted by molar-refractivity contribution is -0.383. The molecule has 0 aliphatic carbocycles. The smallest absolute Gasteiger partial charge is 0.360 e. The number of amides is 1. The number of nitrogens with one attached hydrogen (secondary N) is 1. The second-order valence-corrected chi connectivity index (χ2v) is 6.05. The van der Waals surface area contributed by atoms with Gasteiger partial charge in [-0.05, 0) is 40.2 Å². The van der Waals surface area contributed by atoms with Crippen LogP contribution in [0.2, 0.25) is 0 Å². The second-order valence-electron chi connectivity index (χ2n) is 5.20. The highest BCUT2D eigenvalue weighted by molar-refractivity contribution is 9.10. The van der Waals surface area contributed by atoms with E-state index in [2.05, 4.69) is 21.2 Å². The Morgan fingerprint density at radius 2 is 2.04 bits per heavy atom. The van der Waals surface area contributed by atoms with Crippen molar-refractivity contribution >= 4 is 44.2 Å². The first-order valence-electron chi connectivity index (χ1n) is 7.27. The molecule has 1 N–H and O–H groups in total. The van der Waals surface area contributed by atoms with Gasteiger partial charge in [-0.15, -0.1) is 0 Å². The van der Waals surface area contributed by atoms with Gasteiger partial charge in [0.05, 0.1) is 17.6 Å². The standard InChI is InChI=1S/C17H11BrN2O6/c1-25-10-5-6-12(18)11(8-10)16(21)19-13-7-9-3-2-4-14(20(23)24)15(9)26-17(13)22/h2-8H,1H3,(H,19,21). The van der Waals surface area contributed by atoms with Gasteiger partial charge in [0, 0.05) is 15.9 Å². The van der Waals surface area contributed by atoms with Crippen LogP contribution in [0.1, 0.15) is 10.4 Å². The van der Waals surface area contributed by atoms with Crippen molar-refractivity contribution in [1.29, 1.82) is 0 Å². The number of nitro groups is 1. The number of ether oxygens (including phenoxy) is 1. The molecule has 26 heavy (non-hydrogen) atoms. The minimum atomic E-state index is -0.890. The molecule has 3 rings (SSSR count). The van der Waals surface area contributed by atoms with Crippen molar-refractivity contribution in [2.75, 3.05) is 12.4 Å². The van der Waals surface area contributed by atoms with Gasteiger partial charge in [0.1, 0.15) is 11.4 Å². The van der Waals surface area contributed by atoms with E-state index in [1.54, 1.807) is 18.2 Å². The number of rotatable bonds is 4. The fourth-order valence-electron chi connectivity index (χ4n) is 2.36. The van der Waals surface area contributed by atoms with Gasteiger partial charge in [-0.2, -0.15) is 0 Å². The molecule has 0 radical (unpaired) electrons. The third kappa shape index (κ3) is 3.29. The first kappa shape index (κ1) is 17.6. The Morgan fingerprint density at radius 3 is 2.73 bits per heavy atom. The van der Waals surface area contributed by atoms with E-state index in [0.717, 1.165) is 0 Å². The Kier molecular flexibility index (Phi) is 4.72. The third-order valence-electron chi connectivity index (χ3n) is 3.60. The summed E-state index contributed by atoms with van der Waals surface area (Å²) in [5.74, 6) is -0.0904. The molecule has 1 amide bonds. The predicted octanol–water partition coefficient (Wildman–Crippen LogP) is 3.72. The van der Waals surface area contributed by atoms with E-state index in [0.29, 0.717) is 15.6 Å². The molecule has 8 nitrogen and oxygen atoms in total. The van der Waals surface area contributed by atoms with Crippen LogP contribution < -0.4 is 15.7 Å². The minimum Gasteiger partial charge on any atom is -0.497 e. The van der Waals surface area contributed by atoms with E-state index < -0.39 is 16.5 Å². The maximum absolute atomic E-state index is 12.5. The summed E-state index contributed by atoms with van der Waals surface area (Å²) >= 11 is 3.26. The van der Waals surface area contributed by atoms with Crippen LogP contribution in [0.25, 0.3) is 11.0 Å². The lowest BCUT2D eigenvalue weighted by Gasteiger charge is -2.08. The molecule has 0 saturated carbocycles. The molecule has 1 aromatic heterocycles. The molecule has 0 aliphatic rings. The van der Waals surface area contributed by atoms with Crippen LogP contribution in [0, 0.1) is 10.1 Å². The molecule has 0 bridgehead atoms. The molecule has 0 aliphatic heterocycles. The first-order valence-corrected chi connectivity index (χ1v) is 8.06. The topological polar surface area (TPSA) is 112 Å². The number of carbonyl (C=O) groups excluding carboxylic acids is 1. The van der Waals surface area contributed by atoms with Crippen molar-refractivity contribution in [3.05, 3.63) is 73.0 Å². The van der Waals surface area contributed by atoms with Gasteiger partial charge in [-0.3, -0.25) is 14.9 Å². The number of halogens is 1. The van der Waals surface area contributed by atoms with Gasteiger partial charge in [-0.25, -0.2) is 4.79 Å². The number of hydrogen-bond acceptors (Lipinski definition) is 6. The van der Waals surface area contributed by atoms with Crippen LogP contribution in [0.5, 0.6) is 5.75 Å². The molecule has 9 heteroatoms. The number of methoxy groups -OCH3 is 1. The summed E-state index contributed by atoms with van der Waals surface area (Å²) < 4.78 is 10.6. The van der Waals surface area contributed by atoms with E-state index in [1.807, 2.05) is 0 Å². The summed E-state index contributed by atoms with van der Waals surface area (Å²) in [6, 6.07) is 10.4. The first-order chi connectivity index (χ1) is 12.4. The quantitative estimate of drug-likeness (QED) is 0.392. The van der Waals surface area contributed by atoms with E-state index >= 15 is 0 Å². The monoisotopic (exact) mass is 418 g/mol. The zero-order valence-electron chi connectivity index (χ0n) is 13.3. The fourth-order valence-corrected chi connectivity index (χ4v) is 2.78. The van der Waals surface area contributed by atoms with E-state index in [-0.39, 0.29) is 22.5 Å². The Bertz CT molecular complexity index is 1090. The Hall–Kier alpha value is -3.20.